The summed E-state index contributed by atoms with van der Waals surface area (Å²) in [6.07, 6.45) is 5.28. The van der Waals surface area contributed by atoms with E-state index >= 15 is 0 Å². The molecular formula is C15H26N4. The summed E-state index contributed by atoms with van der Waals surface area (Å²) >= 11 is 0. The van der Waals surface area contributed by atoms with Gasteiger partial charge in [-0.25, -0.2) is 9.97 Å². The van der Waals surface area contributed by atoms with Gasteiger partial charge in [0.15, 0.2) is 0 Å². The first-order valence-electron chi connectivity index (χ1n) is 7.49. The Morgan fingerprint density at radius 3 is 2.89 bits per heavy atom. The smallest absolute Gasteiger partial charge is 0.132 e. The Kier molecular flexibility index (Phi) is 5.14. The predicted molar refractivity (Wildman–Crippen MR) is 79.5 cm³/mol. The summed E-state index contributed by atoms with van der Waals surface area (Å²) in [6, 6.07) is 2.61. The van der Waals surface area contributed by atoms with Gasteiger partial charge < -0.3 is 10.2 Å². The number of hydrogen-bond donors (Lipinski definition) is 1. The predicted octanol–water partition coefficient (Wildman–Crippen LogP) is 2.25. The van der Waals surface area contributed by atoms with Crippen molar-refractivity contribution in [2.24, 2.45) is 5.92 Å². The number of anilines is 1. The van der Waals surface area contributed by atoms with Gasteiger partial charge in [0.2, 0.25) is 0 Å². The van der Waals surface area contributed by atoms with E-state index in [-0.39, 0.29) is 0 Å². The second-order valence-corrected chi connectivity index (χ2v) is 5.68. The van der Waals surface area contributed by atoms with Crippen LogP contribution in [0.4, 0.5) is 5.82 Å². The van der Waals surface area contributed by atoms with Crippen LogP contribution in [-0.4, -0.2) is 35.6 Å². The monoisotopic (exact) mass is 262 g/mol. The van der Waals surface area contributed by atoms with Crippen LogP contribution in [0.1, 0.15) is 39.3 Å². The number of hydrogen-bond acceptors (Lipinski definition) is 4. The van der Waals surface area contributed by atoms with E-state index in [1.54, 1.807) is 6.33 Å². The minimum atomic E-state index is 0.474. The molecule has 1 unspecified atom stereocenters. The Morgan fingerprint density at radius 2 is 2.26 bits per heavy atom. The second kappa shape index (κ2) is 6.85. The number of nitrogens with zero attached hydrogens (tertiary/aromatic N) is 3. The molecule has 0 aliphatic carbocycles. The molecule has 1 aromatic rings. The Labute approximate surface area is 116 Å². The van der Waals surface area contributed by atoms with E-state index < -0.39 is 0 Å². The molecule has 0 spiro atoms. The molecule has 1 aliphatic rings. The van der Waals surface area contributed by atoms with Crippen molar-refractivity contribution in [3.63, 3.8) is 0 Å². The molecule has 1 N–H and O–H groups in total. The molecule has 1 aliphatic heterocycles. The molecule has 1 aromatic heterocycles. The van der Waals surface area contributed by atoms with Gasteiger partial charge in [0.25, 0.3) is 0 Å². The summed E-state index contributed by atoms with van der Waals surface area (Å²) in [4.78, 5) is 11.2. The molecule has 1 atom stereocenters. The molecule has 1 fully saturated rings. The maximum absolute atomic E-state index is 4.47. The highest BCUT2D eigenvalue weighted by molar-refractivity contribution is 5.40. The highest BCUT2D eigenvalue weighted by Crippen LogP contribution is 2.19. The van der Waals surface area contributed by atoms with Crippen LogP contribution in [-0.2, 0) is 6.42 Å². The van der Waals surface area contributed by atoms with Crippen molar-refractivity contribution in [3.8, 4) is 0 Å². The van der Waals surface area contributed by atoms with Gasteiger partial charge in [0.05, 0.1) is 0 Å². The first kappa shape index (κ1) is 14.3. The lowest BCUT2D eigenvalue weighted by molar-refractivity contribution is 0.370. The molecule has 106 valence electrons. The van der Waals surface area contributed by atoms with Gasteiger partial charge in [-0.3, -0.25) is 0 Å². The Bertz CT molecular complexity index is 385. The number of piperidine rings is 1. The zero-order valence-electron chi connectivity index (χ0n) is 12.4. The molecule has 0 aromatic carbocycles. The third-order valence-electron chi connectivity index (χ3n) is 3.84. The number of aromatic nitrogens is 2. The van der Waals surface area contributed by atoms with Gasteiger partial charge >= 0.3 is 0 Å². The molecule has 2 heterocycles. The van der Waals surface area contributed by atoms with Gasteiger partial charge in [-0.15, -0.1) is 0 Å². The van der Waals surface area contributed by atoms with Gasteiger partial charge in [-0.05, 0) is 52.1 Å². The third-order valence-corrected chi connectivity index (χ3v) is 3.84. The van der Waals surface area contributed by atoms with Crippen molar-refractivity contribution < 1.29 is 0 Å². The van der Waals surface area contributed by atoms with Crippen molar-refractivity contribution >= 4 is 5.82 Å². The van der Waals surface area contributed by atoms with Gasteiger partial charge in [0.1, 0.15) is 12.1 Å². The fourth-order valence-corrected chi connectivity index (χ4v) is 2.66. The topological polar surface area (TPSA) is 41.0 Å². The van der Waals surface area contributed by atoms with E-state index in [9.17, 15) is 0 Å². The molecule has 0 radical (unpaired) electrons. The van der Waals surface area contributed by atoms with E-state index in [1.807, 2.05) is 0 Å². The largest absolute Gasteiger partial charge is 0.354 e. The molecular weight excluding hydrogens is 236 g/mol. The molecule has 2 rings (SSSR count). The van der Waals surface area contributed by atoms with Gasteiger partial charge in [-0.2, -0.15) is 0 Å². The lowest BCUT2D eigenvalue weighted by Crippen LogP contribution is -2.41. The zero-order chi connectivity index (χ0) is 13.7. The average molecular weight is 262 g/mol. The van der Waals surface area contributed by atoms with E-state index in [0.29, 0.717) is 6.04 Å². The SMILES string of the molecule is CCc1cc(N(CC2CCCNC2)C(C)C)ncn1. The van der Waals surface area contributed by atoms with Crippen LogP contribution in [0.2, 0.25) is 0 Å². The normalized spacial score (nSPS) is 19.7. The average Bonchev–Trinajstić information content (AvgIpc) is 2.45. The molecule has 4 heteroatoms. The molecule has 19 heavy (non-hydrogen) atoms. The van der Waals surface area contributed by atoms with Crippen LogP contribution < -0.4 is 10.2 Å². The summed E-state index contributed by atoms with van der Waals surface area (Å²) in [7, 11) is 0. The summed E-state index contributed by atoms with van der Waals surface area (Å²) in [5, 5.41) is 3.49. The van der Waals surface area contributed by atoms with E-state index in [2.05, 4.69) is 47.0 Å². The van der Waals surface area contributed by atoms with E-state index in [0.717, 1.165) is 36.9 Å². The Morgan fingerprint density at radius 1 is 1.42 bits per heavy atom. The maximum Gasteiger partial charge on any atom is 0.132 e. The standard InChI is InChI=1S/C15H26N4/c1-4-14-8-15(18-11-17-14)19(12(2)3)10-13-6-5-7-16-9-13/h8,11-13,16H,4-7,9-10H2,1-3H3. The first-order valence-corrected chi connectivity index (χ1v) is 7.49. The summed E-state index contributed by atoms with van der Waals surface area (Å²) in [6.45, 7) is 10.0. The number of rotatable bonds is 5. The van der Waals surface area contributed by atoms with Gasteiger partial charge in [0, 0.05) is 24.3 Å². The van der Waals surface area contributed by atoms with Crippen molar-refractivity contribution in [1.29, 1.82) is 0 Å². The van der Waals surface area contributed by atoms with Crippen LogP contribution in [0.15, 0.2) is 12.4 Å². The van der Waals surface area contributed by atoms with E-state index in [1.165, 1.54) is 19.4 Å². The summed E-state index contributed by atoms with van der Waals surface area (Å²) in [5.74, 6) is 1.81. The van der Waals surface area contributed by atoms with Crippen molar-refractivity contribution in [3.05, 3.63) is 18.1 Å². The van der Waals surface area contributed by atoms with Crippen molar-refractivity contribution in [2.45, 2.75) is 46.1 Å². The highest BCUT2D eigenvalue weighted by Gasteiger charge is 2.20. The van der Waals surface area contributed by atoms with Crippen LogP contribution in [0.25, 0.3) is 0 Å². The lowest BCUT2D eigenvalue weighted by atomic mass is 9.98. The molecule has 0 bridgehead atoms. The highest BCUT2D eigenvalue weighted by atomic mass is 15.2. The maximum atomic E-state index is 4.47. The van der Waals surface area contributed by atoms with Crippen molar-refractivity contribution in [1.82, 2.24) is 15.3 Å². The first-order chi connectivity index (χ1) is 9.20. The fourth-order valence-electron chi connectivity index (χ4n) is 2.66. The molecule has 0 amide bonds. The molecule has 4 nitrogen and oxygen atoms in total. The quantitative estimate of drug-likeness (QED) is 0.883. The summed E-state index contributed by atoms with van der Waals surface area (Å²) < 4.78 is 0. The fraction of sp³-hybridized carbons (Fsp3) is 0.733. The molecule has 1 saturated heterocycles. The van der Waals surface area contributed by atoms with E-state index in [4.69, 9.17) is 0 Å². The minimum Gasteiger partial charge on any atom is -0.354 e. The lowest BCUT2D eigenvalue weighted by Gasteiger charge is -2.33. The number of nitrogens with one attached hydrogen (secondary N) is 1. The Hall–Kier alpha value is -1.16. The van der Waals surface area contributed by atoms with Crippen molar-refractivity contribution in [2.75, 3.05) is 24.5 Å². The second-order valence-electron chi connectivity index (χ2n) is 5.68. The van der Waals surface area contributed by atoms with Crippen LogP contribution in [0, 0.1) is 5.92 Å². The van der Waals surface area contributed by atoms with Crippen LogP contribution in [0.5, 0.6) is 0 Å². The Balaban J connectivity index is 2.09. The molecule has 0 saturated carbocycles. The minimum absolute atomic E-state index is 0.474. The van der Waals surface area contributed by atoms with Crippen LogP contribution >= 0.6 is 0 Å². The third kappa shape index (κ3) is 3.90. The number of aryl methyl sites for hydroxylation is 1. The van der Waals surface area contributed by atoms with Crippen LogP contribution in [0.3, 0.4) is 0 Å². The summed E-state index contributed by atoms with van der Waals surface area (Å²) in [5.41, 5.74) is 1.12. The zero-order valence-corrected chi connectivity index (χ0v) is 12.4. The van der Waals surface area contributed by atoms with Gasteiger partial charge in [-0.1, -0.05) is 6.92 Å².